The van der Waals surface area contributed by atoms with Crippen LogP contribution in [0.25, 0.3) is 0 Å². The second-order valence-corrected chi connectivity index (χ2v) is 7.60. The number of nitrogens with zero attached hydrogens (tertiary/aromatic N) is 4. The molecule has 0 radical (unpaired) electrons. The molecule has 0 aliphatic carbocycles. The minimum absolute atomic E-state index is 0.236. The average molecular weight is 395 g/mol. The van der Waals surface area contributed by atoms with Crippen molar-refractivity contribution in [3.05, 3.63) is 65.3 Å². The van der Waals surface area contributed by atoms with Gasteiger partial charge in [-0.15, -0.1) is 10.2 Å². The van der Waals surface area contributed by atoms with Gasteiger partial charge in [-0.3, -0.25) is 15.0 Å². The Morgan fingerprint density at radius 3 is 2.86 bits per heavy atom. The Hall–Kier alpha value is -2.84. The molecule has 1 saturated heterocycles. The molecule has 3 heterocycles. The molecule has 0 saturated carbocycles. The van der Waals surface area contributed by atoms with Gasteiger partial charge in [0.05, 0.1) is 5.56 Å². The van der Waals surface area contributed by atoms with Gasteiger partial charge in [-0.1, -0.05) is 41.7 Å². The molecule has 1 fully saturated rings. The summed E-state index contributed by atoms with van der Waals surface area (Å²) in [5.74, 6) is 0.541. The maximum Gasteiger partial charge on any atom is 0.259 e. The van der Waals surface area contributed by atoms with E-state index in [4.69, 9.17) is 0 Å². The molecule has 2 N–H and O–H groups in total. The molecule has 1 atom stereocenters. The SMILES string of the molecule is O=C(Nc1nncs1)c1ccc(NCC2CCCN2Cc2ccccc2)nc1. The van der Waals surface area contributed by atoms with E-state index in [1.165, 1.54) is 29.7 Å². The van der Waals surface area contributed by atoms with Crippen LogP contribution in [0.1, 0.15) is 28.8 Å². The van der Waals surface area contributed by atoms with Crippen molar-refractivity contribution in [3.8, 4) is 0 Å². The van der Waals surface area contributed by atoms with E-state index in [1.54, 1.807) is 17.8 Å². The second kappa shape index (κ2) is 8.90. The molecule has 2 aromatic heterocycles. The Kier molecular flexibility index (Phi) is 5.89. The Morgan fingerprint density at radius 1 is 1.21 bits per heavy atom. The summed E-state index contributed by atoms with van der Waals surface area (Å²) in [4.78, 5) is 19.1. The van der Waals surface area contributed by atoms with E-state index >= 15 is 0 Å². The zero-order valence-corrected chi connectivity index (χ0v) is 16.2. The van der Waals surface area contributed by atoms with Crippen LogP contribution in [0, 0.1) is 0 Å². The van der Waals surface area contributed by atoms with Crippen molar-refractivity contribution in [1.29, 1.82) is 0 Å². The van der Waals surface area contributed by atoms with Crippen molar-refractivity contribution in [2.24, 2.45) is 0 Å². The Labute approximate surface area is 167 Å². The first kappa shape index (κ1) is 18.5. The summed E-state index contributed by atoms with van der Waals surface area (Å²) in [6, 6.07) is 14.7. The Bertz CT molecular complexity index is 885. The number of carbonyl (C=O) groups is 1. The van der Waals surface area contributed by atoms with Crippen LogP contribution in [0.15, 0.2) is 54.2 Å². The van der Waals surface area contributed by atoms with Gasteiger partial charge in [0.15, 0.2) is 0 Å². The monoisotopic (exact) mass is 394 g/mol. The summed E-state index contributed by atoms with van der Waals surface area (Å²) < 4.78 is 0. The van der Waals surface area contributed by atoms with Crippen LogP contribution < -0.4 is 10.6 Å². The molecule has 1 amide bonds. The third kappa shape index (κ3) is 4.71. The van der Waals surface area contributed by atoms with Crippen LogP contribution in [-0.4, -0.2) is 45.1 Å². The highest BCUT2D eigenvalue weighted by atomic mass is 32.1. The molecule has 28 heavy (non-hydrogen) atoms. The quantitative estimate of drug-likeness (QED) is 0.640. The number of benzene rings is 1. The number of anilines is 2. The number of aromatic nitrogens is 3. The summed E-state index contributed by atoms with van der Waals surface area (Å²) in [5, 5.41) is 14.1. The molecule has 0 spiro atoms. The molecule has 0 bridgehead atoms. The summed E-state index contributed by atoms with van der Waals surface area (Å²) in [5.41, 5.74) is 3.41. The summed E-state index contributed by atoms with van der Waals surface area (Å²) in [6.07, 6.45) is 3.98. The maximum atomic E-state index is 12.2. The molecule has 1 aromatic carbocycles. The van der Waals surface area contributed by atoms with E-state index in [2.05, 4.69) is 61.0 Å². The number of hydrogen-bond donors (Lipinski definition) is 2. The number of likely N-dealkylation sites (tertiary alicyclic amines) is 1. The number of hydrogen-bond acceptors (Lipinski definition) is 7. The predicted molar refractivity (Wildman–Crippen MR) is 110 cm³/mol. The van der Waals surface area contributed by atoms with Crippen molar-refractivity contribution in [2.45, 2.75) is 25.4 Å². The van der Waals surface area contributed by atoms with E-state index in [-0.39, 0.29) is 5.91 Å². The standard InChI is InChI=1S/C20H22N6OS/c27-19(24-20-25-23-14-28-20)16-8-9-18(21-11-16)22-12-17-7-4-10-26(17)13-15-5-2-1-3-6-15/h1-3,5-6,8-9,11,14,17H,4,7,10,12-13H2,(H,21,22)(H,24,25,27). The molecule has 1 aliphatic heterocycles. The third-order valence-electron chi connectivity index (χ3n) is 4.85. The molecule has 4 rings (SSSR count). The number of pyridine rings is 1. The van der Waals surface area contributed by atoms with Crippen molar-refractivity contribution in [1.82, 2.24) is 20.1 Å². The van der Waals surface area contributed by atoms with Gasteiger partial charge in [-0.2, -0.15) is 0 Å². The fraction of sp³-hybridized carbons (Fsp3) is 0.300. The van der Waals surface area contributed by atoms with Gasteiger partial charge in [0.2, 0.25) is 5.13 Å². The molecule has 3 aromatic rings. The number of rotatable bonds is 7. The number of nitrogens with one attached hydrogen (secondary N) is 2. The minimum atomic E-state index is -0.236. The van der Waals surface area contributed by atoms with Gasteiger partial charge < -0.3 is 5.32 Å². The van der Waals surface area contributed by atoms with Crippen LogP contribution in [0.5, 0.6) is 0 Å². The topological polar surface area (TPSA) is 83.0 Å². The van der Waals surface area contributed by atoms with Gasteiger partial charge in [0.25, 0.3) is 5.91 Å². The zero-order chi connectivity index (χ0) is 19.2. The summed E-state index contributed by atoms with van der Waals surface area (Å²) in [6.45, 7) is 2.95. The Morgan fingerprint density at radius 2 is 2.11 bits per heavy atom. The molecule has 144 valence electrons. The Balaban J connectivity index is 1.30. The zero-order valence-electron chi connectivity index (χ0n) is 15.4. The van der Waals surface area contributed by atoms with Crippen molar-refractivity contribution in [3.63, 3.8) is 0 Å². The highest BCUT2D eigenvalue weighted by Gasteiger charge is 2.24. The van der Waals surface area contributed by atoms with Gasteiger partial charge >= 0.3 is 0 Å². The molecule has 1 aliphatic rings. The first-order valence-corrected chi connectivity index (χ1v) is 10.2. The number of carbonyl (C=O) groups excluding carboxylic acids is 1. The smallest absolute Gasteiger partial charge is 0.259 e. The van der Waals surface area contributed by atoms with Crippen molar-refractivity contribution < 1.29 is 4.79 Å². The molecule has 8 heteroatoms. The van der Waals surface area contributed by atoms with Crippen molar-refractivity contribution in [2.75, 3.05) is 23.7 Å². The van der Waals surface area contributed by atoms with Crippen LogP contribution in [0.3, 0.4) is 0 Å². The van der Waals surface area contributed by atoms with Crippen LogP contribution in [0.4, 0.5) is 10.9 Å². The van der Waals surface area contributed by atoms with Gasteiger partial charge in [-0.05, 0) is 37.1 Å². The normalized spacial score (nSPS) is 16.8. The third-order valence-corrected chi connectivity index (χ3v) is 5.46. The average Bonchev–Trinajstić information content (AvgIpc) is 3.40. The van der Waals surface area contributed by atoms with E-state index in [9.17, 15) is 4.79 Å². The highest BCUT2D eigenvalue weighted by Crippen LogP contribution is 2.20. The maximum absolute atomic E-state index is 12.2. The van der Waals surface area contributed by atoms with Gasteiger partial charge in [0.1, 0.15) is 11.3 Å². The first-order valence-electron chi connectivity index (χ1n) is 9.33. The van der Waals surface area contributed by atoms with E-state index in [0.717, 1.165) is 25.5 Å². The number of amides is 1. The largest absolute Gasteiger partial charge is 0.369 e. The highest BCUT2D eigenvalue weighted by molar-refractivity contribution is 7.13. The lowest BCUT2D eigenvalue weighted by molar-refractivity contribution is 0.102. The summed E-state index contributed by atoms with van der Waals surface area (Å²) in [7, 11) is 0. The minimum Gasteiger partial charge on any atom is -0.369 e. The fourth-order valence-corrected chi connectivity index (χ4v) is 3.84. The van der Waals surface area contributed by atoms with Crippen molar-refractivity contribution >= 4 is 28.2 Å². The van der Waals surface area contributed by atoms with Gasteiger partial charge in [0, 0.05) is 25.3 Å². The van der Waals surface area contributed by atoms with Crippen LogP contribution in [-0.2, 0) is 6.54 Å². The summed E-state index contributed by atoms with van der Waals surface area (Å²) >= 11 is 1.28. The second-order valence-electron chi connectivity index (χ2n) is 6.76. The molecular weight excluding hydrogens is 372 g/mol. The lowest BCUT2D eigenvalue weighted by atomic mass is 10.2. The van der Waals surface area contributed by atoms with Gasteiger partial charge in [-0.25, -0.2) is 4.98 Å². The van der Waals surface area contributed by atoms with Crippen LogP contribution >= 0.6 is 11.3 Å². The lowest BCUT2D eigenvalue weighted by Crippen LogP contribution is -2.34. The van der Waals surface area contributed by atoms with E-state index in [1.807, 2.05) is 6.07 Å². The van der Waals surface area contributed by atoms with E-state index in [0.29, 0.717) is 16.7 Å². The van der Waals surface area contributed by atoms with E-state index < -0.39 is 0 Å². The fourth-order valence-electron chi connectivity index (χ4n) is 3.40. The van der Waals surface area contributed by atoms with Crippen LogP contribution in [0.2, 0.25) is 0 Å². The predicted octanol–water partition coefficient (Wildman–Crippen LogP) is 3.26. The molecule has 1 unspecified atom stereocenters. The molecule has 7 nitrogen and oxygen atoms in total. The molecular formula is C20H22N6OS. The first-order chi connectivity index (χ1) is 13.8. The lowest BCUT2D eigenvalue weighted by Gasteiger charge is -2.25.